The number of benzene rings is 1. The van der Waals surface area contributed by atoms with Gasteiger partial charge in [0.05, 0.1) is 11.6 Å². The van der Waals surface area contributed by atoms with Crippen molar-refractivity contribution in [1.82, 2.24) is 10.2 Å². The summed E-state index contributed by atoms with van der Waals surface area (Å²) >= 11 is 0. The van der Waals surface area contributed by atoms with Crippen LogP contribution in [0.2, 0.25) is 0 Å². The third-order valence-corrected chi connectivity index (χ3v) is 3.73. The molecule has 8 heteroatoms. The maximum absolute atomic E-state index is 13.6. The van der Waals surface area contributed by atoms with Crippen LogP contribution in [0.5, 0.6) is 0 Å². The molecule has 0 unspecified atom stereocenters. The number of hydrogen-bond donors (Lipinski definition) is 1. The monoisotopic (exact) mass is 322 g/mol. The summed E-state index contributed by atoms with van der Waals surface area (Å²) in [7, 11) is 1.61. The first-order valence-electron chi connectivity index (χ1n) is 6.73. The van der Waals surface area contributed by atoms with Gasteiger partial charge < -0.3 is 5.32 Å². The van der Waals surface area contributed by atoms with Crippen LogP contribution < -0.4 is 5.32 Å². The largest absolute Gasteiger partial charge is 0.413 e. The van der Waals surface area contributed by atoms with Crippen LogP contribution in [0, 0.1) is 11.6 Å². The molecular formula is C14H15F5N2O. The number of likely N-dealkylation sites (N-methyl/N-ethyl adjacent to an activating group) is 1. The van der Waals surface area contributed by atoms with Gasteiger partial charge in [-0.05, 0) is 38.6 Å². The van der Waals surface area contributed by atoms with Gasteiger partial charge >= 0.3 is 6.18 Å². The molecular weight excluding hydrogens is 307 g/mol. The van der Waals surface area contributed by atoms with Gasteiger partial charge in [-0.15, -0.1) is 0 Å². The van der Waals surface area contributed by atoms with E-state index in [-0.39, 0.29) is 0 Å². The van der Waals surface area contributed by atoms with Crippen LogP contribution in [-0.4, -0.2) is 36.6 Å². The van der Waals surface area contributed by atoms with Gasteiger partial charge in [0, 0.05) is 0 Å². The normalized spacial score (nSPS) is 20.9. The lowest BCUT2D eigenvalue weighted by Crippen LogP contribution is -2.47. The average Bonchev–Trinajstić information content (AvgIpc) is 2.82. The second kappa shape index (κ2) is 6.20. The number of nitrogens with one attached hydrogen (secondary N) is 1. The minimum Gasteiger partial charge on any atom is -0.339 e. The van der Waals surface area contributed by atoms with Crippen molar-refractivity contribution in [2.45, 2.75) is 31.1 Å². The Labute approximate surface area is 124 Å². The van der Waals surface area contributed by atoms with Gasteiger partial charge in [0.15, 0.2) is 6.04 Å². The summed E-state index contributed by atoms with van der Waals surface area (Å²) in [5.74, 6) is -3.57. The molecule has 2 atom stereocenters. The van der Waals surface area contributed by atoms with Gasteiger partial charge in [0.1, 0.15) is 11.6 Å². The molecule has 2 rings (SSSR count). The van der Waals surface area contributed by atoms with E-state index in [1.54, 1.807) is 17.3 Å². The SMILES string of the molecule is CN1CCC[C@@H]1C(=O)N[C@H](c1c(F)cccc1F)C(F)(F)F. The molecule has 0 aromatic heterocycles. The van der Waals surface area contributed by atoms with E-state index >= 15 is 0 Å². The van der Waals surface area contributed by atoms with Gasteiger partial charge in [0.25, 0.3) is 0 Å². The lowest BCUT2D eigenvalue weighted by molar-refractivity contribution is -0.165. The summed E-state index contributed by atoms with van der Waals surface area (Å²) in [5.41, 5.74) is -1.19. The van der Waals surface area contributed by atoms with Crippen molar-refractivity contribution in [1.29, 1.82) is 0 Å². The molecule has 1 heterocycles. The Bertz CT molecular complexity index is 540. The summed E-state index contributed by atoms with van der Waals surface area (Å²) in [6, 6.07) is -1.01. The number of carbonyl (C=O) groups excluding carboxylic acids is 1. The van der Waals surface area contributed by atoms with Crippen molar-refractivity contribution in [3.63, 3.8) is 0 Å². The lowest BCUT2D eigenvalue weighted by Gasteiger charge is -2.26. The molecule has 1 saturated heterocycles. The maximum atomic E-state index is 13.6. The number of amides is 1. The Morgan fingerprint density at radius 3 is 2.36 bits per heavy atom. The Balaban J connectivity index is 2.30. The van der Waals surface area contributed by atoms with E-state index < -0.39 is 41.4 Å². The topological polar surface area (TPSA) is 32.3 Å². The van der Waals surface area contributed by atoms with E-state index in [1.807, 2.05) is 0 Å². The van der Waals surface area contributed by atoms with Crippen molar-refractivity contribution in [2.75, 3.05) is 13.6 Å². The highest BCUT2D eigenvalue weighted by Gasteiger charge is 2.46. The fourth-order valence-electron chi connectivity index (χ4n) is 2.58. The summed E-state index contributed by atoms with van der Waals surface area (Å²) < 4.78 is 66.7. The maximum Gasteiger partial charge on any atom is 0.413 e. The molecule has 3 nitrogen and oxygen atoms in total. The molecule has 0 radical (unpaired) electrons. The Kier molecular flexibility index (Phi) is 4.69. The van der Waals surface area contributed by atoms with Crippen LogP contribution in [0.4, 0.5) is 22.0 Å². The van der Waals surface area contributed by atoms with Crippen LogP contribution in [0.15, 0.2) is 18.2 Å². The van der Waals surface area contributed by atoms with E-state index in [2.05, 4.69) is 0 Å². The van der Waals surface area contributed by atoms with Gasteiger partial charge in [-0.1, -0.05) is 6.07 Å². The lowest BCUT2D eigenvalue weighted by atomic mass is 10.0. The molecule has 1 aromatic carbocycles. The highest BCUT2D eigenvalue weighted by molar-refractivity contribution is 5.82. The first kappa shape index (κ1) is 16.7. The smallest absolute Gasteiger partial charge is 0.339 e. The van der Waals surface area contributed by atoms with Crippen molar-refractivity contribution in [3.8, 4) is 0 Å². The van der Waals surface area contributed by atoms with Crippen molar-refractivity contribution in [2.24, 2.45) is 0 Å². The predicted octanol–water partition coefficient (Wildman–Crippen LogP) is 2.78. The third-order valence-electron chi connectivity index (χ3n) is 3.73. The van der Waals surface area contributed by atoms with Crippen molar-refractivity contribution in [3.05, 3.63) is 35.4 Å². The molecule has 0 saturated carbocycles. The van der Waals surface area contributed by atoms with E-state index in [9.17, 15) is 26.7 Å². The van der Waals surface area contributed by atoms with Crippen LogP contribution >= 0.6 is 0 Å². The number of rotatable bonds is 3. The fourth-order valence-corrected chi connectivity index (χ4v) is 2.58. The van der Waals surface area contributed by atoms with E-state index in [1.165, 1.54) is 0 Å². The molecule has 1 aliphatic rings. The fraction of sp³-hybridized carbons (Fsp3) is 0.500. The summed E-state index contributed by atoms with van der Waals surface area (Å²) in [4.78, 5) is 13.6. The summed E-state index contributed by atoms with van der Waals surface area (Å²) in [6.45, 7) is 0.586. The zero-order valence-electron chi connectivity index (χ0n) is 11.8. The van der Waals surface area contributed by atoms with Crippen LogP contribution in [0.3, 0.4) is 0 Å². The molecule has 22 heavy (non-hydrogen) atoms. The number of hydrogen-bond acceptors (Lipinski definition) is 2. The summed E-state index contributed by atoms with van der Waals surface area (Å²) in [5, 5.41) is 1.74. The molecule has 1 N–H and O–H groups in total. The van der Waals surface area contributed by atoms with Crippen LogP contribution in [0.25, 0.3) is 0 Å². The first-order chi connectivity index (χ1) is 10.2. The van der Waals surface area contributed by atoms with Crippen molar-refractivity contribution < 1.29 is 26.7 Å². The third kappa shape index (κ3) is 3.37. The Hall–Kier alpha value is -1.70. The minimum atomic E-state index is -5.00. The van der Waals surface area contributed by atoms with Gasteiger partial charge in [-0.25, -0.2) is 8.78 Å². The molecule has 122 valence electrons. The first-order valence-corrected chi connectivity index (χ1v) is 6.73. The summed E-state index contributed by atoms with van der Waals surface area (Å²) in [6.07, 6.45) is -3.91. The number of halogens is 5. The predicted molar refractivity (Wildman–Crippen MR) is 68.9 cm³/mol. The molecule has 0 bridgehead atoms. The van der Waals surface area contributed by atoms with E-state index in [4.69, 9.17) is 0 Å². The zero-order valence-corrected chi connectivity index (χ0v) is 11.8. The Morgan fingerprint density at radius 2 is 1.91 bits per heavy atom. The van der Waals surface area contributed by atoms with E-state index in [0.717, 1.165) is 18.2 Å². The molecule has 1 aliphatic heterocycles. The molecule has 1 aromatic rings. The van der Waals surface area contributed by atoms with Crippen LogP contribution in [-0.2, 0) is 4.79 Å². The molecule has 1 amide bonds. The Morgan fingerprint density at radius 1 is 1.32 bits per heavy atom. The number of carbonyl (C=O) groups is 1. The molecule has 0 spiro atoms. The second-order valence-electron chi connectivity index (χ2n) is 5.26. The van der Waals surface area contributed by atoms with Gasteiger partial charge in [0.2, 0.25) is 5.91 Å². The molecule has 1 fully saturated rings. The number of alkyl halides is 3. The quantitative estimate of drug-likeness (QED) is 0.868. The average molecular weight is 322 g/mol. The minimum absolute atomic E-state index is 0.409. The van der Waals surface area contributed by atoms with Crippen molar-refractivity contribution >= 4 is 5.91 Å². The number of likely N-dealkylation sites (tertiary alicyclic amines) is 1. The standard InChI is InChI=1S/C14H15F5N2O/c1-21-7-3-6-10(21)13(22)20-12(14(17,18)19)11-8(15)4-2-5-9(11)16/h2,4-5,10,12H,3,6-7H2,1H3,(H,20,22)/t10-,12-/m1/s1. The zero-order chi connectivity index (χ0) is 16.5. The highest BCUT2D eigenvalue weighted by atomic mass is 19.4. The second-order valence-corrected chi connectivity index (χ2v) is 5.26. The number of nitrogens with zero attached hydrogens (tertiary/aromatic N) is 1. The molecule has 0 aliphatic carbocycles. The van der Waals surface area contributed by atoms with Crippen LogP contribution in [0.1, 0.15) is 24.4 Å². The van der Waals surface area contributed by atoms with Gasteiger partial charge in [-0.2, -0.15) is 13.2 Å². The van der Waals surface area contributed by atoms with E-state index in [0.29, 0.717) is 19.4 Å². The van der Waals surface area contributed by atoms with Gasteiger partial charge in [-0.3, -0.25) is 9.69 Å². The highest BCUT2D eigenvalue weighted by Crippen LogP contribution is 2.35.